The van der Waals surface area contributed by atoms with E-state index in [1.807, 2.05) is 24.5 Å². The van der Waals surface area contributed by atoms with E-state index in [1.165, 1.54) is 18.0 Å². The molecule has 0 aliphatic rings. The number of nitrogens with zero attached hydrogens (tertiary/aromatic N) is 3. The van der Waals surface area contributed by atoms with E-state index in [-0.39, 0.29) is 16.6 Å². The summed E-state index contributed by atoms with van der Waals surface area (Å²) >= 11 is 7.31. The molecule has 2 rings (SSSR count). The number of pyridine rings is 1. The van der Waals surface area contributed by atoms with Crippen molar-refractivity contribution < 1.29 is 4.79 Å². The first kappa shape index (κ1) is 13.8. The number of carbonyl (C=O) groups is 1. The second-order valence-electron chi connectivity index (χ2n) is 3.56. The van der Waals surface area contributed by atoms with Crippen LogP contribution in [-0.2, 0) is 6.54 Å². The van der Waals surface area contributed by atoms with Gasteiger partial charge in [0.15, 0.2) is 5.16 Å². The van der Waals surface area contributed by atoms with Gasteiger partial charge in [-0.05, 0) is 18.4 Å². The van der Waals surface area contributed by atoms with Crippen LogP contribution >= 0.6 is 23.4 Å². The van der Waals surface area contributed by atoms with E-state index in [2.05, 4.69) is 20.3 Å². The molecule has 0 saturated heterocycles. The van der Waals surface area contributed by atoms with Gasteiger partial charge < -0.3 is 5.32 Å². The molecule has 0 atom stereocenters. The smallest absolute Gasteiger partial charge is 0.256 e. The van der Waals surface area contributed by atoms with Crippen molar-refractivity contribution in [2.24, 2.45) is 0 Å². The summed E-state index contributed by atoms with van der Waals surface area (Å²) in [4.78, 5) is 24.1. The standard InChI is InChI=1S/C12H11ClN4OS/c1-19-12-16-7-9(10(13)17-12)11(18)15-6-8-4-2-3-5-14-8/h2-5,7H,6H2,1H3,(H,15,18). The molecule has 0 aliphatic heterocycles. The highest BCUT2D eigenvalue weighted by Gasteiger charge is 2.12. The van der Waals surface area contributed by atoms with Crippen LogP contribution in [0.5, 0.6) is 0 Å². The molecule has 19 heavy (non-hydrogen) atoms. The van der Waals surface area contributed by atoms with Crippen molar-refractivity contribution in [2.45, 2.75) is 11.7 Å². The van der Waals surface area contributed by atoms with Crippen LogP contribution in [0.3, 0.4) is 0 Å². The Kier molecular flexibility index (Phi) is 4.70. The number of amides is 1. The van der Waals surface area contributed by atoms with E-state index in [0.29, 0.717) is 11.7 Å². The fourth-order valence-electron chi connectivity index (χ4n) is 1.37. The van der Waals surface area contributed by atoms with Crippen molar-refractivity contribution in [1.82, 2.24) is 20.3 Å². The number of hydrogen-bond acceptors (Lipinski definition) is 5. The first-order valence-corrected chi connectivity index (χ1v) is 7.05. The lowest BCUT2D eigenvalue weighted by Crippen LogP contribution is -2.24. The fraction of sp³-hybridized carbons (Fsp3) is 0.167. The third-order valence-corrected chi connectivity index (χ3v) is 3.15. The first-order valence-electron chi connectivity index (χ1n) is 5.45. The predicted molar refractivity (Wildman–Crippen MR) is 74.2 cm³/mol. The monoisotopic (exact) mass is 294 g/mol. The molecule has 0 spiro atoms. The van der Waals surface area contributed by atoms with Crippen LogP contribution in [0, 0.1) is 0 Å². The molecule has 0 saturated carbocycles. The zero-order chi connectivity index (χ0) is 13.7. The van der Waals surface area contributed by atoms with Crippen molar-refractivity contribution in [2.75, 3.05) is 6.26 Å². The summed E-state index contributed by atoms with van der Waals surface area (Å²) in [5, 5.41) is 3.41. The zero-order valence-electron chi connectivity index (χ0n) is 10.1. The van der Waals surface area contributed by atoms with Crippen LogP contribution in [0.1, 0.15) is 16.1 Å². The van der Waals surface area contributed by atoms with Crippen LogP contribution in [0.2, 0.25) is 5.15 Å². The van der Waals surface area contributed by atoms with Crippen LogP contribution in [0.4, 0.5) is 0 Å². The van der Waals surface area contributed by atoms with Gasteiger partial charge >= 0.3 is 0 Å². The molecule has 0 radical (unpaired) electrons. The lowest BCUT2D eigenvalue weighted by Gasteiger charge is -2.06. The van der Waals surface area contributed by atoms with E-state index < -0.39 is 0 Å². The topological polar surface area (TPSA) is 67.8 Å². The third-order valence-electron chi connectivity index (χ3n) is 2.30. The van der Waals surface area contributed by atoms with Crippen molar-refractivity contribution in [1.29, 1.82) is 0 Å². The van der Waals surface area contributed by atoms with Gasteiger partial charge in [0.05, 0.1) is 17.8 Å². The summed E-state index contributed by atoms with van der Waals surface area (Å²) in [6.07, 6.45) is 4.94. The highest BCUT2D eigenvalue weighted by Crippen LogP contribution is 2.16. The molecule has 1 amide bonds. The van der Waals surface area contributed by atoms with Gasteiger partial charge in [0.1, 0.15) is 5.15 Å². The van der Waals surface area contributed by atoms with Crippen molar-refractivity contribution in [3.8, 4) is 0 Å². The van der Waals surface area contributed by atoms with Gasteiger partial charge in [0.2, 0.25) is 0 Å². The highest BCUT2D eigenvalue weighted by molar-refractivity contribution is 7.98. The maximum Gasteiger partial charge on any atom is 0.256 e. The molecule has 2 heterocycles. The highest BCUT2D eigenvalue weighted by atomic mass is 35.5. The Labute approximate surface area is 119 Å². The molecule has 98 valence electrons. The molecule has 0 aromatic carbocycles. The van der Waals surface area contributed by atoms with E-state index in [0.717, 1.165) is 5.69 Å². The van der Waals surface area contributed by atoms with Crippen LogP contribution in [0.15, 0.2) is 35.7 Å². The summed E-state index contributed by atoms with van der Waals surface area (Å²) in [6.45, 7) is 0.334. The number of halogens is 1. The van der Waals surface area contributed by atoms with Gasteiger partial charge in [-0.1, -0.05) is 29.4 Å². The van der Waals surface area contributed by atoms with Gasteiger partial charge in [0, 0.05) is 12.4 Å². The summed E-state index contributed by atoms with van der Waals surface area (Å²) in [6, 6.07) is 5.50. The minimum absolute atomic E-state index is 0.151. The fourth-order valence-corrected chi connectivity index (χ4v) is 1.97. The van der Waals surface area contributed by atoms with E-state index in [1.54, 1.807) is 6.20 Å². The predicted octanol–water partition coefficient (Wildman–Crippen LogP) is 2.18. The lowest BCUT2D eigenvalue weighted by atomic mass is 10.3. The number of rotatable bonds is 4. The molecule has 0 unspecified atom stereocenters. The Balaban J connectivity index is 2.04. The molecule has 2 aromatic rings. The SMILES string of the molecule is CSc1ncc(C(=O)NCc2ccccn2)c(Cl)n1. The normalized spacial score (nSPS) is 10.2. The molecule has 2 aromatic heterocycles. The Morgan fingerprint density at radius 1 is 1.42 bits per heavy atom. The zero-order valence-corrected chi connectivity index (χ0v) is 11.7. The summed E-state index contributed by atoms with van der Waals surface area (Å²) in [5.74, 6) is -0.316. The maximum atomic E-state index is 11.9. The van der Waals surface area contributed by atoms with Crippen molar-refractivity contribution in [3.63, 3.8) is 0 Å². The molecule has 7 heteroatoms. The van der Waals surface area contributed by atoms with Crippen molar-refractivity contribution >= 4 is 29.3 Å². The third kappa shape index (κ3) is 3.65. The second kappa shape index (κ2) is 6.49. The van der Waals surface area contributed by atoms with E-state index >= 15 is 0 Å². The van der Waals surface area contributed by atoms with Gasteiger partial charge in [-0.2, -0.15) is 0 Å². The molecule has 0 fully saturated rings. The number of hydrogen-bond donors (Lipinski definition) is 1. The average Bonchev–Trinajstić information content (AvgIpc) is 2.45. The summed E-state index contributed by atoms with van der Waals surface area (Å²) in [7, 11) is 0. The Morgan fingerprint density at radius 2 is 2.26 bits per heavy atom. The summed E-state index contributed by atoms with van der Waals surface area (Å²) < 4.78 is 0. The number of thioether (sulfide) groups is 1. The first-order chi connectivity index (χ1) is 9.20. The van der Waals surface area contributed by atoms with Gasteiger partial charge in [-0.25, -0.2) is 9.97 Å². The molecular weight excluding hydrogens is 284 g/mol. The Morgan fingerprint density at radius 3 is 2.89 bits per heavy atom. The maximum absolute atomic E-state index is 11.9. The van der Waals surface area contributed by atoms with E-state index in [4.69, 9.17) is 11.6 Å². The van der Waals surface area contributed by atoms with Gasteiger partial charge in [0.25, 0.3) is 5.91 Å². The van der Waals surface area contributed by atoms with Crippen LogP contribution in [-0.4, -0.2) is 27.1 Å². The number of aromatic nitrogens is 3. The lowest BCUT2D eigenvalue weighted by molar-refractivity contribution is 0.0949. The van der Waals surface area contributed by atoms with Gasteiger partial charge in [-0.3, -0.25) is 9.78 Å². The minimum atomic E-state index is -0.316. The molecular formula is C12H11ClN4OS. The van der Waals surface area contributed by atoms with Crippen LogP contribution in [0.25, 0.3) is 0 Å². The van der Waals surface area contributed by atoms with E-state index in [9.17, 15) is 4.79 Å². The summed E-state index contributed by atoms with van der Waals surface area (Å²) in [5.41, 5.74) is 1.03. The Hall–Kier alpha value is -1.66. The minimum Gasteiger partial charge on any atom is -0.346 e. The second-order valence-corrected chi connectivity index (χ2v) is 4.70. The average molecular weight is 295 g/mol. The Bertz CT molecular complexity index is 579. The number of nitrogens with one attached hydrogen (secondary N) is 1. The molecule has 1 N–H and O–H groups in total. The molecule has 0 aliphatic carbocycles. The quantitative estimate of drug-likeness (QED) is 0.532. The largest absolute Gasteiger partial charge is 0.346 e. The van der Waals surface area contributed by atoms with Crippen molar-refractivity contribution in [3.05, 3.63) is 47.0 Å². The van der Waals surface area contributed by atoms with Gasteiger partial charge in [-0.15, -0.1) is 0 Å². The molecule has 0 bridgehead atoms. The molecule has 5 nitrogen and oxygen atoms in total. The number of carbonyl (C=O) groups excluding carboxylic acids is 1. The van der Waals surface area contributed by atoms with Crippen LogP contribution < -0.4 is 5.32 Å².